The molecule has 0 radical (unpaired) electrons. The van der Waals surface area contributed by atoms with Crippen LogP contribution in [0.15, 0.2) is 0 Å². The number of unbranched alkanes of at least 4 members (excludes halogenated alkanes) is 1. The Bertz CT molecular complexity index is 197. The molecule has 0 spiro atoms. The first-order chi connectivity index (χ1) is 7.00. The van der Waals surface area contributed by atoms with E-state index in [0.717, 1.165) is 12.8 Å². The Labute approximate surface area is 87.4 Å². The normalized spacial score (nSPS) is 30.8. The van der Waals surface area contributed by atoms with Crippen molar-refractivity contribution in [2.45, 2.75) is 51.0 Å². The first-order valence-corrected chi connectivity index (χ1v) is 5.31. The van der Waals surface area contributed by atoms with Gasteiger partial charge in [-0.1, -0.05) is 19.8 Å². The topological polar surface area (TPSA) is 29.5 Å². The Morgan fingerprint density at radius 1 is 1.53 bits per heavy atom. The summed E-state index contributed by atoms with van der Waals surface area (Å²) in [6.45, 7) is 2.22. The molecule has 0 aromatic heterocycles. The summed E-state index contributed by atoms with van der Waals surface area (Å²) in [5.74, 6) is -3.80. The number of aliphatic hydroxyl groups is 1. The molecule has 3 unspecified atom stereocenters. The molecule has 0 amide bonds. The van der Waals surface area contributed by atoms with E-state index < -0.39 is 18.4 Å². The van der Waals surface area contributed by atoms with Gasteiger partial charge in [0.1, 0.15) is 6.10 Å². The fourth-order valence-corrected chi connectivity index (χ4v) is 1.97. The second-order valence-corrected chi connectivity index (χ2v) is 4.01. The van der Waals surface area contributed by atoms with E-state index in [4.69, 9.17) is 9.84 Å². The highest BCUT2D eigenvalue weighted by molar-refractivity contribution is 4.89. The van der Waals surface area contributed by atoms with Gasteiger partial charge in [0.2, 0.25) is 0 Å². The van der Waals surface area contributed by atoms with Gasteiger partial charge in [0.15, 0.2) is 0 Å². The van der Waals surface area contributed by atoms with Gasteiger partial charge in [0.05, 0.1) is 0 Å². The average Bonchev–Trinajstić information content (AvgIpc) is 2.62. The molecule has 0 saturated carbocycles. The summed E-state index contributed by atoms with van der Waals surface area (Å²) in [5, 5.41) is 9.02. The molecule has 15 heavy (non-hydrogen) atoms. The molecule has 1 aliphatic heterocycles. The highest BCUT2D eigenvalue weighted by Crippen LogP contribution is 2.37. The van der Waals surface area contributed by atoms with Crippen molar-refractivity contribution in [1.29, 1.82) is 0 Å². The lowest BCUT2D eigenvalue weighted by molar-refractivity contribution is -0.249. The minimum atomic E-state index is -3.51. The zero-order valence-electron chi connectivity index (χ0n) is 8.76. The highest BCUT2D eigenvalue weighted by atomic mass is 19.3. The molecule has 1 rings (SSSR count). The van der Waals surface area contributed by atoms with Crippen LogP contribution in [-0.4, -0.2) is 30.1 Å². The van der Waals surface area contributed by atoms with Crippen molar-refractivity contribution in [1.82, 2.24) is 0 Å². The van der Waals surface area contributed by atoms with Crippen LogP contribution in [0.2, 0.25) is 0 Å². The number of alkyl halides is 3. The summed E-state index contributed by atoms with van der Waals surface area (Å²) in [5.41, 5.74) is 0. The molecule has 3 atom stereocenters. The molecule has 1 fully saturated rings. The summed E-state index contributed by atoms with van der Waals surface area (Å²) < 4.78 is 42.7. The molecule has 1 aliphatic rings. The molecule has 0 aromatic rings. The average molecular weight is 226 g/mol. The van der Waals surface area contributed by atoms with Gasteiger partial charge in [-0.05, 0) is 18.8 Å². The van der Waals surface area contributed by atoms with Crippen molar-refractivity contribution in [2.75, 3.05) is 6.61 Å². The van der Waals surface area contributed by atoms with Crippen LogP contribution >= 0.6 is 0 Å². The summed E-state index contributed by atoms with van der Waals surface area (Å²) in [6.07, 6.45) is -1.86. The van der Waals surface area contributed by atoms with E-state index in [-0.39, 0.29) is 12.5 Å². The van der Waals surface area contributed by atoms with E-state index in [9.17, 15) is 13.2 Å². The van der Waals surface area contributed by atoms with E-state index in [2.05, 4.69) is 0 Å². The van der Waals surface area contributed by atoms with Crippen LogP contribution in [0.1, 0.15) is 32.6 Å². The zero-order valence-corrected chi connectivity index (χ0v) is 8.76. The molecule has 5 heteroatoms. The smallest absolute Gasteiger partial charge is 0.298 e. The Kier molecular flexibility index (Phi) is 4.40. The second kappa shape index (κ2) is 5.16. The Morgan fingerprint density at radius 3 is 2.73 bits per heavy atom. The van der Waals surface area contributed by atoms with E-state index in [1.807, 2.05) is 6.92 Å². The predicted octanol–water partition coefficient (Wildman–Crippen LogP) is 2.50. The monoisotopic (exact) mass is 226 g/mol. The third-order valence-corrected chi connectivity index (χ3v) is 2.85. The molecule has 2 nitrogen and oxygen atoms in total. The van der Waals surface area contributed by atoms with Crippen molar-refractivity contribution in [2.24, 2.45) is 5.92 Å². The lowest BCUT2D eigenvalue weighted by Crippen LogP contribution is -2.47. The van der Waals surface area contributed by atoms with Crippen molar-refractivity contribution in [3.05, 3.63) is 0 Å². The first kappa shape index (κ1) is 12.8. The zero-order chi connectivity index (χ0) is 11.5. The number of hydrogen-bond donors (Lipinski definition) is 1. The minimum absolute atomic E-state index is 0.248. The summed E-state index contributed by atoms with van der Waals surface area (Å²) >= 11 is 0. The number of rotatable bonds is 5. The summed E-state index contributed by atoms with van der Waals surface area (Å²) in [6, 6.07) is 0. The van der Waals surface area contributed by atoms with E-state index in [1.165, 1.54) is 0 Å². The van der Waals surface area contributed by atoms with E-state index in [0.29, 0.717) is 12.8 Å². The molecule has 0 aliphatic carbocycles. The maximum Gasteiger partial charge on any atom is 0.298 e. The van der Waals surface area contributed by atoms with Gasteiger partial charge < -0.3 is 9.84 Å². The maximum absolute atomic E-state index is 13.3. The standard InChI is InChI=1S/C10H17F3O2/c1-2-3-4-7-5-6-15-8(7)10(13,14)9(11)12/h7-9,14H,2-6H2,1H3. The highest BCUT2D eigenvalue weighted by Gasteiger charge is 2.52. The molecular weight excluding hydrogens is 209 g/mol. The van der Waals surface area contributed by atoms with Gasteiger partial charge in [-0.3, -0.25) is 0 Å². The van der Waals surface area contributed by atoms with Gasteiger partial charge in [0, 0.05) is 6.61 Å². The fourth-order valence-electron chi connectivity index (χ4n) is 1.97. The Balaban J connectivity index is 2.59. The Hall–Kier alpha value is -0.290. The van der Waals surface area contributed by atoms with Crippen LogP contribution in [0.3, 0.4) is 0 Å². The minimum Gasteiger partial charge on any atom is -0.372 e. The van der Waals surface area contributed by atoms with Crippen molar-refractivity contribution in [3.63, 3.8) is 0 Å². The van der Waals surface area contributed by atoms with Crippen LogP contribution in [0.4, 0.5) is 13.2 Å². The third kappa shape index (κ3) is 2.84. The molecule has 1 heterocycles. The van der Waals surface area contributed by atoms with Crippen molar-refractivity contribution < 1.29 is 23.0 Å². The van der Waals surface area contributed by atoms with Gasteiger partial charge >= 0.3 is 0 Å². The predicted molar refractivity (Wildman–Crippen MR) is 49.4 cm³/mol. The quantitative estimate of drug-likeness (QED) is 0.780. The van der Waals surface area contributed by atoms with E-state index >= 15 is 0 Å². The van der Waals surface area contributed by atoms with Crippen LogP contribution in [0.5, 0.6) is 0 Å². The van der Waals surface area contributed by atoms with Gasteiger partial charge in [-0.15, -0.1) is 0 Å². The fraction of sp³-hybridized carbons (Fsp3) is 1.00. The number of hydrogen-bond acceptors (Lipinski definition) is 2. The largest absolute Gasteiger partial charge is 0.372 e. The van der Waals surface area contributed by atoms with Gasteiger partial charge in [-0.25, -0.2) is 13.2 Å². The molecular formula is C10H17F3O2. The lowest BCUT2D eigenvalue weighted by atomic mass is 9.91. The van der Waals surface area contributed by atoms with E-state index in [1.54, 1.807) is 0 Å². The van der Waals surface area contributed by atoms with Crippen LogP contribution in [0.25, 0.3) is 0 Å². The molecule has 1 N–H and O–H groups in total. The van der Waals surface area contributed by atoms with Crippen molar-refractivity contribution >= 4 is 0 Å². The Morgan fingerprint density at radius 2 is 2.20 bits per heavy atom. The SMILES string of the molecule is CCCCC1CCOC1C(O)(F)C(F)F. The second-order valence-electron chi connectivity index (χ2n) is 4.01. The third-order valence-electron chi connectivity index (χ3n) is 2.85. The lowest BCUT2D eigenvalue weighted by Gasteiger charge is -2.28. The van der Waals surface area contributed by atoms with Gasteiger partial charge in [-0.2, -0.15) is 0 Å². The molecule has 1 saturated heterocycles. The van der Waals surface area contributed by atoms with Crippen molar-refractivity contribution in [3.8, 4) is 0 Å². The molecule has 0 bridgehead atoms. The summed E-state index contributed by atoms with van der Waals surface area (Å²) in [4.78, 5) is 0. The first-order valence-electron chi connectivity index (χ1n) is 5.31. The van der Waals surface area contributed by atoms with Crippen LogP contribution in [0, 0.1) is 5.92 Å². The van der Waals surface area contributed by atoms with Gasteiger partial charge in [0.25, 0.3) is 12.3 Å². The van der Waals surface area contributed by atoms with Crippen LogP contribution < -0.4 is 0 Å². The maximum atomic E-state index is 13.3. The molecule has 90 valence electrons. The number of halogens is 3. The molecule has 0 aromatic carbocycles. The van der Waals surface area contributed by atoms with Crippen LogP contribution in [-0.2, 0) is 4.74 Å². The number of ether oxygens (including phenoxy) is 1. The summed E-state index contributed by atoms with van der Waals surface area (Å²) in [7, 11) is 0.